The van der Waals surface area contributed by atoms with E-state index in [0.29, 0.717) is 47.4 Å². The van der Waals surface area contributed by atoms with Gasteiger partial charge in [0.2, 0.25) is 11.8 Å². The van der Waals surface area contributed by atoms with E-state index in [2.05, 4.69) is 16.0 Å². The summed E-state index contributed by atoms with van der Waals surface area (Å²) in [7, 11) is 1.57. The molecule has 3 aromatic rings. The second kappa shape index (κ2) is 14.7. The topological polar surface area (TPSA) is 156 Å². The zero-order valence-electron chi connectivity index (χ0n) is 22.8. The number of benzene rings is 2. The minimum Gasteiger partial charge on any atom is -0.497 e. The molecule has 0 bridgehead atoms. The van der Waals surface area contributed by atoms with Crippen LogP contribution in [-0.4, -0.2) is 62.3 Å². The maximum atomic E-state index is 12.4. The molecule has 0 saturated carbocycles. The first kappa shape index (κ1) is 30.2. The highest BCUT2D eigenvalue weighted by molar-refractivity contribution is 5.94. The van der Waals surface area contributed by atoms with E-state index in [0.717, 1.165) is 5.56 Å². The van der Waals surface area contributed by atoms with Crippen molar-refractivity contribution in [2.75, 3.05) is 33.4 Å². The first-order valence-corrected chi connectivity index (χ1v) is 13.1. The van der Waals surface area contributed by atoms with Crippen LogP contribution in [0.3, 0.4) is 0 Å². The van der Waals surface area contributed by atoms with E-state index in [1.807, 2.05) is 26.0 Å². The Balaban J connectivity index is 1.57. The van der Waals surface area contributed by atoms with Crippen LogP contribution in [0.15, 0.2) is 57.7 Å². The van der Waals surface area contributed by atoms with E-state index in [9.17, 15) is 19.2 Å². The number of hydrogen-bond donors (Lipinski definition) is 4. The largest absolute Gasteiger partial charge is 0.497 e. The molecule has 3 amide bonds. The molecule has 2 aromatic carbocycles. The number of aliphatic hydroxyl groups is 1. The highest BCUT2D eigenvalue weighted by atomic mass is 16.5. The fourth-order valence-electron chi connectivity index (χ4n) is 3.95. The molecule has 0 aliphatic heterocycles. The Morgan fingerprint density at radius 1 is 1.00 bits per heavy atom. The lowest BCUT2D eigenvalue weighted by Crippen LogP contribution is -2.52. The van der Waals surface area contributed by atoms with E-state index >= 15 is 0 Å². The van der Waals surface area contributed by atoms with Gasteiger partial charge < -0.3 is 34.9 Å². The summed E-state index contributed by atoms with van der Waals surface area (Å²) in [6, 6.07) is 12.8. The van der Waals surface area contributed by atoms with Gasteiger partial charge in [-0.1, -0.05) is 32.4 Å². The zero-order valence-corrected chi connectivity index (χ0v) is 22.8. The second-order valence-corrected chi connectivity index (χ2v) is 9.23. The molecule has 1 heterocycles. The number of nitrogens with one attached hydrogen (secondary N) is 3. The Labute approximate surface area is 231 Å². The van der Waals surface area contributed by atoms with Gasteiger partial charge in [-0.25, -0.2) is 4.79 Å². The normalized spacial score (nSPS) is 12.3. The van der Waals surface area contributed by atoms with Crippen molar-refractivity contribution < 1.29 is 33.4 Å². The summed E-state index contributed by atoms with van der Waals surface area (Å²) in [4.78, 5) is 49.4. The second-order valence-electron chi connectivity index (χ2n) is 9.23. The maximum absolute atomic E-state index is 12.4. The van der Waals surface area contributed by atoms with Crippen LogP contribution in [0, 0.1) is 5.92 Å². The van der Waals surface area contributed by atoms with Gasteiger partial charge in [0.1, 0.15) is 23.1 Å². The summed E-state index contributed by atoms with van der Waals surface area (Å²) in [5.74, 6) is -0.541. The minimum absolute atomic E-state index is 0.0485. The van der Waals surface area contributed by atoms with Crippen LogP contribution in [-0.2, 0) is 14.4 Å². The van der Waals surface area contributed by atoms with E-state index in [4.69, 9.17) is 19.0 Å². The molecular weight excluding hydrogens is 518 g/mol. The SMILES string of the molecule is CC[C@H](C)[C@H](NC(=O)CNC(=O)COc1ccc2c(-c3ccc(OC)cc3)cc(=O)oc2c1)C(=O)NCCCO. The third-order valence-corrected chi connectivity index (χ3v) is 6.38. The van der Waals surface area contributed by atoms with Crippen LogP contribution < -0.4 is 31.0 Å². The number of aliphatic hydroxyl groups excluding tert-OH is 1. The van der Waals surface area contributed by atoms with E-state index in [1.165, 1.54) is 12.1 Å². The number of amides is 3. The van der Waals surface area contributed by atoms with Crippen LogP contribution >= 0.6 is 0 Å². The van der Waals surface area contributed by atoms with Crippen molar-refractivity contribution >= 4 is 28.7 Å². The number of rotatable bonds is 14. The van der Waals surface area contributed by atoms with E-state index in [1.54, 1.807) is 31.4 Å². The highest BCUT2D eigenvalue weighted by Crippen LogP contribution is 2.30. The lowest BCUT2D eigenvalue weighted by molar-refractivity contribution is -0.131. The van der Waals surface area contributed by atoms with Crippen LogP contribution in [0.2, 0.25) is 0 Å². The third kappa shape index (κ3) is 8.31. The molecular formula is C29H35N3O8. The predicted octanol–water partition coefficient (Wildman–Crippen LogP) is 1.99. The lowest BCUT2D eigenvalue weighted by atomic mass is 9.98. The molecule has 1 aromatic heterocycles. The van der Waals surface area contributed by atoms with Gasteiger partial charge in [-0.05, 0) is 47.7 Å². The Kier molecular flexibility index (Phi) is 11.1. The Hall–Kier alpha value is -4.38. The Morgan fingerprint density at radius 2 is 1.73 bits per heavy atom. The van der Waals surface area contributed by atoms with Gasteiger partial charge in [0.15, 0.2) is 6.61 Å². The number of ether oxygens (including phenoxy) is 2. The fraction of sp³-hybridized carbons (Fsp3) is 0.379. The molecule has 0 radical (unpaired) electrons. The van der Waals surface area contributed by atoms with E-state index in [-0.39, 0.29) is 31.6 Å². The minimum atomic E-state index is -0.764. The van der Waals surface area contributed by atoms with Crippen LogP contribution in [0.4, 0.5) is 0 Å². The maximum Gasteiger partial charge on any atom is 0.336 e. The van der Waals surface area contributed by atoms with Gasteiger partial charge in [-0.15, -0.1) is 0 Å². The van der Waals surface area contributed by atoms with Gasteiger partial charge in [-0.3, -0.25) is 14.4 Å². The van der Waals surface area contributed by atoms with Gasteiger partial charge >= 0.3 is 5.63 Å². The van der Waals surface area contributed by atoms with Crippen molar-refractivity contribution in [3.63, 3.8) is 0 Å². The number of fused-ring (bicyclic) bond motifs is 1. The van der Waals surface area contributed by atoms with Crippen molar-refractivity contribution in [3.05, 3.63) is 59.0 Å². The molecule has 11 nitrogen and oxygen atoms in total. The Morgan fingerprint density at radius 3 is 2.40 bits per heavy atom. The molecule has 11 heteroatoms. The van der Waals surface area contributed by atoms with Gasteiger partial charge in [-0.2, -0.15) is 0 Å². The van der Waals surface area contributed by atoms with Crippen molar-refractivity contribution in [3.8, 4) is 22.6 Å². The molecule has 2 atom stereocenters. The number of carbonyl (C=O) groups is 3. The molecule has 40 heavy (non-hydrogen) atoms. The molecule has 0 saturated heterocycles. The lowest BCUT2D eigenvalue weighted by Gasteiger charge is -2.23. The standard InChI is InChI=1S/C29H35N3O8/c1-4-18(2)28(29(37)30-12-5-13-33)32-25(34)16-31-26(35)17-39-21-10-11-22-23(15-27(36)40-24(22)14-21)19-6-8-20(38-3)9-7-19/h6-11,14-15,18,28,33H,4-5,12-13,16-17H2,1-3H3,(H,30,37)(H,31,35)(H,32,34)/t18-,28-/m0/s1. The molecule has 0 unspecified atom stereocenters. The summed E-state index contributed by atoms with van der Waals surface area (Å²) >= 11 is 0. The third-order valence-electron chi connectivity index (χ3n) is 6.38. The average molecular weight is 554 g/mol. The highest BCUT2D eigenvalue weighted by Gasteiger charge is 2.25. The van der Waals surface area contributed by atoms with Crippen molar-refractivity contribution in [2.45, 2.75) is 32.7 Å². The molecule has 0 fully saturated rings. The van der Waals surface area contributed by atoms with Crippen molar-refractivity contribution in [1.82, 2.24) is 16.0 Å². The number of methoxy groups -OCH3 is 1. The summed E-state index contributed by atoms with van der Waals surface area (Å²) in [5.41, 5.74) is 1.26. The van der Waals surface area contributed by atoms with Crippen molar-refractivity contribution in [2.24, 2.45) is 5.92 Å². The fourth-order valence-corrected chi connectivity index (χ4v) is 3.95. The summed E-state index contributed by atoms with van der Waals surface area (Å²) in [5, 5.41) is 17.4. The molecule has 0 aliphatic carbocycles. The molecule has 4 N–H and O–H groups in total. The predicted molar refractivity (Wildman–Crippen MR) is 149 cm³/mol. The summed E-state index contributed by atoms with van der Waals surface area (Å²) < 4.78 is 16.1. The van der Waals surface area contributed by atoms with Gasteiger partial charge in [0, 0.05) is 30.7 Å². The molecule has 0 spiro atoms. The number of carbonyl (C=O) groups excluding carboxylic acids is 3. The first-order valence-electron chi connectivity index (χ1n) is 13.1. The average Bonchev–Trinajstić information content (AvgIpc) is 2.96. The zero-order chi connectivity index (χ0) is 29.1. The monoisotopic (exact) mass is 553 g/mol. The first-order chi connectivity index (χ1) is 19.2. The molecule has 3 rings (SSSR count). The summed E-state index contributed by atoms with van der Waals surface area (Å²) in [6.45, 7) is 3.28. The van der Waals surface area contributed by atoms with Crippen LogP contribution in [0.25, 0.3) is 22.1 Å². The summed E-state index contributed by atoms with van der Waals surface area (Å²) in [6.07, 6.45) is 1.07. The van der Waals surface area contributed by atoms with E-state index < -0.39 is 23.5 Å². The quantitative estimate of drug-likeness (QED) is 0.174. The molecule has 0 aliphatic rings. The van der Waals surface area contributed by atoms with Gasteiger partial charge in [0.25, 0.3) is 5.91 Å². The Bertz CT molecular complexity index is 1370. The molecule has 214 valence electrons. The number of hydrogen-bond acceptors (Lipinski definition) is 8. The van der Waals surface area contributed by atoms with Crippen molar-refractivity contribution in [1.29, 1.82) is 0 Å². The van der Waals surface area contributed by atoms with Crippen LogP contribution in [0.1, 0.15) is 26.7 Å². The smallest absolute Gasteiger partial charge is 0.336 e. The van der Waals surface area contributed by atoms with Gasteiger partial charge in [0.05, 0.1) is 13.7 Å². The van der Waals surface area contributed by atoms with Crippen LogP contribution in [0.5, 0.6) is 11.5 Å².